The van der Waals surface area contributed by atoms with Gasteiger partial charge in [0.1, 0.15) is 0 Å². The molecule has 94 valence electrons. The zero-order valence-corrected chi connectivity index (χ0v) is 11.2. The summed E-state index contributed by atoms with van der Waals surface area (Å²) in [5.74, 6) is 0.849. The van der Waals surface area contributed by atoms with E-state index in [2.05, 4.69) is 43.4 Å². The molecule has 2 rings (SSSR count). The molecule has 1 aliphatic carbocycles. The first kappa shape index (κ1) is 12.6. The molecule has 0 aliphatic heterocycles. The van der Waals surface area contributed by atoms with Crippen LogP contribution in [-0.2, 0) is 6.42 Å². The van der Waals surface area contributed by atoms with Gasteiger partial charge in [-0.1, -0.05) is 51.0 Å². The van der Waals surface area contributed by atoms with Crippen molar-refractivity contribution in [2.75, 3.05) is 6.54 Å². The number of hydrogen-bond donors (Lipinski definition) is 1. The van der Waals surface area contributed by atoms with Crippen molar-refractivity contribution in [2.24, 2.45) is 5.92 Å². The molecule has 0 aromatic heterocycles. The predicted molar refractivity (Wildman–Crippen MR) is 74.2 cm³/mol. The summed E-state index contributed by atoms with van der Waals surface area (Å²) in [6.45, 7) is 5.49. The van der Waals surface area contributed by atoms with Crippen LogP contribution < -0.4 is 5.32 Å². The molecule has 0 saturated heterocycles. The number of aryl methyl sites for hydroxylation is 1. The summed E-state index contributed by atoms with van der Waals surface area (Å²) in [7, 11) is 0. The van der Waals surface area contributed by atoms with E-state index in [4.69, 9.17) is 0 Å². The van der Waals surface area contributed by atoms with Crippen LogP contribution in [0.3, 0.4) is 0 Å². The Bertz CT molecular complexity index is 322. The summed E-state index contributed by atoms with van der Waals surface area (Å²) < 4.78 is 0. The van der Waals surface area contributed by atoms with E-state index < -0.39 is 0 Å². The zero-order valence-electron chi connectivity index (χ0n) is 11.2. The van der Waals surface area contributed by atoms with E-state index in [9.17, 15) is 0 Å². The van der Waals surface area contributed by atoms with Crippen LogP contribution in [0.1, 0.15) is 56.7 Å². The summed E-state index contributed by atoms with van der Waals surface area (Å²) in [6.07, 6.45) is 6.76. The highest BCUT2D eigenvalue weighted by Crippen LogP contribution is 2.35. The molecule has 1 fully saturated rings. The van der Waals surface area contributed by atoms with Crippen LogP contribution in [0.2, 0.25) is 0 Å². The Morgan fingerprint density at radius 1 is 1.12 bits per heavy atom. The smallest absolute Gasteiger partial charge is 0.0348 e. The highest BCUT2D eigenvalue weighted by molar-refractivity contribution is 5.25. The molecule has 1 unspecified atom stereocenters. The van der Waals surface area contributed by atoms with E-state index in [1.807, 2.05) is 0 Å². The van der Waals surface area contributed by atoms with Gasteiger partial charge in [0, 0.05) is 6.04 Å². The molecule has 0 bridgehead atoms. The molecule has 0 amide bonds. The Balaban J connectivity index is 2.12. The van der Waals surface area contributed by atoms with Crippen LogP contribution in [0, 0.1) is 5.92 Å². The van der Waals surface area contributed by atoms with Gasteiger partial charge in [-0.2, -0.15) is 0 Å². The number of benzene rings is 1. The lowest BCUT2D eigenvalue weighted by Crippen LogP contribution is -2.26. The summed E-state index contributed by atoms with van der Waals surface area (Å²) >= 11 is 0. The SMILES string of the molecule is CCNC(c1ccc(CC)cc1)C1CCCC1. The maximum atomic E-state index is 3.68. The highest BCUT2D eigenvalue weighted by Gasteiger charge is 2.25. The van der Waals surface area contributed by atoms with Gasteiger partial charge in [-0.3, -0.25) is 0 Å². The van der Waals surface area contributed by atoms with Gasteiger partial charge in [0.05, 0.1) is 0 Å². The number of nitrogens with one attached hydrogen (secondary N) is 1. The van der Waals surface area contributed by atoms with E-state index >= 15 is 0 Å². The Hall–Kier alpha value is -0.820. The second kappa shape index (κ2) is 6.20. The first-order chi connectivity index (χ1) is 8.35. The van der Waals surface area contributed by atoms with Gasteiger partial charge < -0.3 is 5.32 Å². The monoisotopic (exact) mass is 231 g/mol. The molecule has 1 atom stereocenters. The fourth-order valence-corrected chi connectivity index (χ4v) is 3.03. The quantitative estimate of drug-likeness (QED) is 0.805. The van der Waals surface area contributed by atoms with Crippen LogP contribution in [0.25, 0.3) is 0 Å². The Morgan fingerprint density at radius 2 is 1.76 bits per heavy atom. The zero-order chi connectivity index (χ0) is 12.1. The Morgan fingerprint density at radius 3 is 2.29 bits per heavy atom. The van der Waals surface area contributed by atoms with E-state index in [1.54, 1.807) is 0 Å². The molecule has 17 heavy (non-hydrogen) atoms. The lowest BCUT2D eigenvalue weighted by molar-refractivity contribution is 0.374. The van der Waals surface area contributed by atoms with E-state index in [0.717, 1.165) is 18.9 Å². The fraction of sp³-hybridized carbons (Fsp3) is 0.625. The standard InChI is InChI=1S/C16H25N/c1-3-13-9-11-15(12-10-13)16(17-4-2)14-7-5-6-8-14/h9-12,14,16-17H,3-8H2,1-2H3. The summed E-state index contributed by atoms with van der Waals surface area (Å²) in [4.78, 5) is 0. The second-order valence-corrected chi connectivity index (χ2v) is 5.18. The molecule has 0 radical (unpaired) electrons. The fourth-order valence-electron chi connectivity index (χ4n) is 3.03. The van der Waals surface area contributed by atoms with Crippen LogP contribution in [0.5, 0.6) is 0 Å². The first-order valence-corrected chi connectivity index (χ1v) is 7.17. The van der Waals surface area contributed by atoms with Crippen LogP contribution in [0.15, 0.2) is 24.3 Å². The van der Waals surface area contributed by atoms with Crippen molar-refractivity contribution in [1.82, 2.24) is 5.32 Å². The van der Waals surface area contributed by atoms with Crippen molar-refractivity contribution >= 4 is 0 Å². The average molecular weight is 231 g/mol. The highest BCUT2D eigenvalue weighted by atomic mass is 14.9. The molecule has 0 heterocycles. The molecule has 1 heteroatoms. The van der Waals surface area contributed by atoms with Crippen molar-refractivity contribution in [2.45, 2.75) is 52.0 Å². The molecule has 0 spiro atoms. The van der Waals surface area contributed by atoms with Crippen molar-refractivity contribution in [3.63, 3.8) is 0 Å². The van der Waals surface area contributed by atoms with E-state index in [0.29, 0.717) is 6.04 Å². The largest absolute Gasteiger partial charge is 0.310 e. The van der Waals surface area contributed by atoms with Crippen LogP contribution in [0.4, 0.5) is 0 Å². The van der Waals surface area contributed by atoms with Gasteiger partial charge in [-0.25, -0.2) is 0 Å². The van der Waals surface area contributed by atoms with Crippen molar-refractivity contribution in [1.29, 1.82) is 0 Å². The molecule has 1 nitrogen and oxygen atoms in total. The van der Waals surface area contributed by atoms with E-state index in [1.165, 1.54) is 36.8 Å². The molecule has 1 aromatic carbocycles. The maximum Gasteiger partial charge on any atom is 0.0348 e. The molecule has 1 saturated carbocycles. The lowest BCUT2D eigenvalue weighted by Gasteiger charge is -2.25. The third-order valence-corrected chi connectivity index (χ3v) is 4.04. The minimum absolute atomic E-state index is 0.577. The Labute approximate surface area is 106 Å². The number of rotatable bonds is 5. The van der Waals surface area contributed by atoms with Gasteiger partial charge in [-0.05, 0) is 42.9 Å². The third-order valence-electron chi connectivity index (χ3n) is 4.04. The van der Waals surface area contributed by atoms with Crippen molar-refractivity contribution < 1.29 is 0 Å². The summed E-state index contributed by atoms with van der Waals surface area (Å²) in [5, 5.41) is 3.68. The Kier molecular flexibility index (Phi) is 4.61. The van der Waals surface area contributed by atoms with Gasteiger partial charge in [0.2, 0.25) is 0 Å². The molecule has 1 aromatic rings. The minimum Gasteiger partial charge on any atom is -0.310 e. The van der Waals surface area contributed by atoms with Crippen molar-refractivity contribution in [3.05, 3.63) is 35.4 Å². The summed E-state index contributed by atoms with van der Waals surface area (Å²) in [5.41, 5.74) is 2.92. The lowest BCUT2D eigenvalue weighted by atomic mass is 9.91. The minimum atomic E-state index is 0.577. The molecule has 1 N–H and O–H groups in total. The van der Waals surface area contributed by atoms with Crippen LogP contribution >= 0.6 is 0 Å². The number of hydrogen-bond acceptors (Lipinski definition) is 1. The molecule has 1 aliphatic rings. The summed E-state index contributed by atoms with van der Waals surface area (Å²) in [6, 6.07) is 9.80. The molecular formula is C16H25N. The van der Waals surface area contributed by atoms with Gasteiger partial charge in [0.15, 0.2) is 0 Å². The third kappa shape index (κ3) is 3.10. The van der Waals surface area contributed by atoms with Gasteiger partial charge >= 0.3 is 0 Å². The van der Waals surface area contributed by atoms with Gasteiger partial charge in [-0.15, -0.1) is 0 Å². The first-order valence-electron chi connectivity index (χ1n) is 7.17. The second-order valence-electron chi connectivity index (χ2n) is 5.18. The van der Waals surface area contributed by atoms with Crippen LogP contribution in [-0.4, -0.2) is 6.54 Å². The maximum absolute atomic E-state index is 3.68. The van der Waals surface area contributed by atoms with Crippen molar-refractivity contribution in [3.8, 4) is 0 Å². The topological polar surface area (TPSA) is 12.0 Å². The predicted octanol–water partition coefficient (Wildman–Crippen LogP) is 4.09. The normalized spacial score (nSPS) is 18.5. The molecular weight excluding hydrogens is 206 g/mol. The van der Waals surface area contributed by atoms with Gasteiger partial charge in [0.25, 0.3) is 0 Å². The average Bonchev–Trinajstić information content (AvgIpc) is 2.90. The van der Waals surface area contributed by atoms with E-state index in [-0.39, 0.29) is 0 Å².